The Morgan fingerprint density at radius 3 is 2.40 bits per heavy atom. The predicted octanol–water partition coefficient (Wildman–Crippen LogP) is 1.71. The average Bonchev–Trinajstić information content (AvgIpc) is 2.61. The van der Waals surface area contributed by atoms with Crippen LogP contribution in [-0.2, 0) is 9.59 Å². The van der Waals surface area contributed by atoms with Gasteiger partial charge in [0.15, 0.2) is 0 Å². The van der Waals surface area contributed by atoms with Gasteiger partial charge in [0.05, 0.1) is 0 Å². The van der Waals surface area contributed by atoms with Gasteiger partial charge in [-0.2, -0.15) is 0 Å². The summed E-state index contributed by atoms with van der Waals surface area (Å²) in [5.74, 6) is -1.10. The van der Waals surface area contributed by atoms with Crippen LogP contribution in [0.25, 0.3) is 0 Å². The van der Waals surface area contributed by atoms with Gasteiger partial charge < -0.3 is 20.2 Å². The Hall–Kier alpha value is -2.15. The third kappa shape index (κ3) is 5.70. The minimum absolute atomic E-state index is 0.0342. The second kappa shape index (κ2) is 9.36. The summed E-state index contributed by atoms with van der Waals surface area (Å²) in [5.41, 5.74) is 0.957. The fourth-order valence-corrected chi connectivity index (χ4v) is 2.98. The van der Waals surface area contributed by atoms with Crippen LogP contribution in [0, 0.1) is 5.82 Å². The first-order chi connectivity index (χ1) is 12.0. The summed E-state index contributed by atoms with van der Waals surface area (Å²) in [6.45, 7) is 4.95. The van der Waals surface area contributed by atoms with Crippen LogP contribution in [0.3, 0.4) is 0 Å². The number of carboxylic acids is 1. The normalized spacial score (nSPS) is 15.9. The zero-order valence-electron chi connectivity index (χ0n) is 14.6. The van der Waals surface area contributed by atoms with Crippen molar-refractivity contribution in [1.82, 2.24) is 10.2 Å². The lowest BCUT2D eigenvalue weighted by Crippen LogP contribution is -2.49. The van der Waals surface area contributed by atoms with E-state index in [9.17, 15) is 14.0 Å². The molecule has 1 fully saturated rings. The van der Waals surface area contributed by atoms with Crippen LogP contribution in [0.2, 0.25) is 0 Å². The highest BCUT2D eigenvalue weighted by Gasteiger charge is 2.22. The van der Waals surface area contributed by atoms with Gasteiger partial charge in [0.1, 0.15) is 11.9 Å². The molecule has 138 valence electrons. The number of benzene rings is 1. The Kier molecular flexibility index (Phi) is 7.18. The number of hydrogen-bond acceptors (Lipinski definition) is 4. The number of carboxylic acid groups (broad SMARTS) is 1. The Labute approximate surface area is 147 Å². The Balaban J connectivity index is 1.73. The molecule has 1 heterocycles. The highest BCUT2D eigenvalue weighted by molar-refractivity contribution is 5.77. The largest absolute Gasteiger partial charge is 0.480 e. The van der Waals surface area contributed by atoms with Crippen molar-refractivity contribution in [2.24, 2.45) is 0 Å². The van der Waals surface area contributed by atoms with Gasteiger partial charge in [-0.1, -0.05) is 13.3 Å². The molecular weight excluding hydrogens is 325 g/mol. The summed E-state index contributed by atoms with van der Waals surface area (Å²) in [4.78, 5) is 27.3. The molecule has 0 aliphatic carbocycles. The number of carbonyl (C=O) groups is 2. The van der Waals surface area contributed by atoms with Crippen LogP contribution < -0.4 is 10.2 Å². The second-order valence-electron chi connectivity index (χ2n) is 6.23. The zero-order chi connectivity index (χ0) is 18.2. The maximum Gasteiger partial charge on any atom is 0.320 e. The molecule has 0 saturated carbocycles. The molecule has 1 aromatic rings. The maximum absolute atomic E-state index is 13.0. The first-order valence-electron chi connectivity index (χ1n) is 8.75. The topological polar surface area (TPSA) is 72.9 Å². The van der Waals surface area contributed by atoms with Gasteiger partial charge in [0, 0.05) is 44.8 Å². The molecule has 6 nitrogen and oxygen atoms in total. The van der Waals surface area contributed by atoms with Gasteiger partial charge in [0.25, 0.3) is 0 Å². The van der Waals surface area contributed by atoms with Gasteiger partial charge in [-0.05, 0) is 30.7 Å². The van der Waals surface area contributed by atoms with Crippen molar-refractivity contribution >= 4 is 17.6 Å². The van der Waals surface area contributed by atoms with Crippen molar-refractivity contribution in [3.05, 3.63) is 30.1 Å². The first-order valence-corrected chi connectivity index (χ1v) is 8.75. The number of anilines is 1. The van der Waals surface area contributed by atoms with Gasteiger partial charge >= 0.3 is 5.97 Å². The van der Waals surface area contributed by atoms with Crippen LogP contribution in [0.15, 0.2) is 24.3 Å². The lowest BCUT2D eigenvalue weighted by Gasteiger charge is -2.36. The summed E-state index contributed by atoms with van der Waals surface area (Å²) in [7, 11) is 0. The molecule has 1 atom stereocenters. The van der Waals surface area contributed by atoms with Crippen molar-refractivity contribution in [2.75, 3.05) is 37.6 Å². The molecule has 1 aliphatic heterocycles. The lowest BCUT2D eigenvalue weighted by molar-refractivity contribution is -0.140. The van der Waals surface area contributed by atoms with E-state index in [-0.39, 0.29) is 11.7 Å². The monoisotopic (exact) mass is 351 g/mol. The lowest BCUT2D eigenvalue weighted by atomic mass is 10.1. The third-order valence-corrected chi connectivity index (χ3v) is 4.43. The Morgan fingerprint density at radius 2 is 1.84 bits per heavy atom. The Bertz CT molecular complexity index is 571. The van der Waals surface area contributed by atoms with Crippen molar-refractivity contribution in [2.45, 2.75) is 32.2 Å². The molecule has 1 saturated heterocycles. The highest BCUT2D eigenvalue weighted by Crippen LogP contribution is 2.17. The predicted molar refractivity (Wildman–Crippen MR) is 94.1 cm³/mol. The summed E-state index contributed by atoms with van der Waals surface area (Å²) in [6.07, 6.45) is 1.63. The second-order valence-corrected chi connectivity index (χ2v) is 6.23. The van der Waals surface area contributed by atoms with E-state index in [0.717, 1.165) is 12.1 Å². The van der Waals surface area contributed by atoms with Crippen LogP contribution in [0.5, 0.6) is 0 Å². The van der Waals surface area contributed by atoms with Crippen molar-refractivity contribution in [3.63, 3.8) is 0 Å². The number of nitrogens with one attached hydrogen (secondary N) is 1. The molecular formula is C18H26FN3O3. The van der Waals surface area contributed by atoms with Crippen LogP contribution >= 0.6 is 0 Å². The average molecular weight is 351 g/mol. The van der Waals surface area contributed by atoms with E-state index in [1.807, 2.05) is 6.92 Å². The molecule has 1 unspecified atom stereocenters. The van der Waals surface area contributed by atoms with E-state index in [2.05, 4.69) is 10.2 Å². The van der Waals surface area contributed by atoms with E-state index in [1.165, 1.54) is 12.1 Å². The quantitative estimate of drug-likeness (QED) is 0.746. The van der Waals surface area contributed by atoms with Crippen molar-refractivity contribution < 1.29 is 19.1 Å². The molecule has 0 bridgehead atoms. The molecule has 1 aromatic carbocycles. The van der Waals surface area contributed by atoms with Crippen molar-refractivity contribution in [1.29, 1.82) is 0 Å². The van der Waals surface area contributed by atoms with Gasteiger partial charge in [-0.25, -0.2) is 4.39 Å². The number of rotatable bonds is 8. The summed E-state index contributed by atoms with van der Waals surface area (Å²) in [5, 5.41) is 12.0. The maximum atomic E-state index is 13.0. The molecule has 7 heteroatoms. The molecule has 1 aliphatic rings. The molecule has 1 amide bonds. The fourth-order valence-electron chi connectivity index (χ4n) is 2.98. The Morgan fingerprint density at radius 1 is 1.20 bits per heavy atom. The summed E-state index contributed by atoms with van der Waals surface area (Å²) in [6, 6.07) is 5.78. The van der Waals surface area contributed by atoms with E-state index >= 15 is 0 Å². The van der Waals surface area contributed by atoms with E-state index in [4.69, 9.17) is 5.11 Å². The first kappa shape index (κ1) is 19.2. The highest BCUT2D eigenvalue weighted by atomic mass is 19.1. The summed E-state index contributed by atoms with van der Waals surface area (Å²) >= 11 is 0. The molecule has 25 heavy (non-hydrogen) atoms. The standard InChI is InChI=1S/C18H26FN3O3/c1-2-3-16(18(24)25)20-9-8-17(23)22-12-10-21(11-13-22)15-6-4-14(19)5-7-15/h4-7,16,20H,2-3,8-13H2,1H3,(H,24,25). The minimum Gasteiger partial charge on any atom is -0.480 e. The smallest absolute Gasteiger partial charge is 0.320 e. The molecule has 2 rings (SSSR count). The number of amides is 1. The van der Waals surface area contributed by atoms with Gasteiger partial charge in [-0.15, -0.1) is 0 Å². The van der Waals surface area contributed by atoms with E-state index in [0.29, 0.717) is 45.6 Å². The van der Waals surface area contributed by atoms with E-state index in [1.54, 1.807) is 17.0 Å². The third-order valence-electron chi connectivity index (χ3n) is 4.43. The van der Waals surface area contributed by atoms with Crippen LogP contribution in [-0.4, -0.2) is 60.6 Å². The van der Waals surface area contributed by atoms with E-state index < -0.39 is 12.0 Å². The van der Waals surface area contributed by atoms with Crippen molar-refractivity contribution in [3.8, 4) is 0 Å². The summed E-state index contributed by atoms with van der Waals surface area (Å²) < 4.78 is 13.0. The number of aliphatic carboxylic acids is 1. The van der Waals surface area contributed by atoms with Gasteiger partial charge in [-0.3, -0.25) is 9.59 Å². The SMILES string of the molecule is CCCC(NCCC(=O)N1CCN(c2ccc(F)cc2)CC1)C(=O)O. The number of carbonyl (C=O) groups excluding carboxylic acids is 1. The molecule has 2 N–H and O–H groups in total. The number of piperazine rings is 1. The molecule has 0 radical (unpaired) electrons. The fraction of sp³-hybridized carbons (Fsp3) is 0.556. The van der Waals surface area contributed by atoms with Crippen LogP contribution in [0.4, 0.5) is 10.1 Å². The number of hydrogen-bond donors (Lipinski definition) is 2. The van der Waals surface area contributed by atoms with Crippen LogP contribution in [0.1, 0.15) is 26.2 Å². The zero-order valence-corrected chi connectivity index (χ0v) is 14.6. The molecule has 0 aromatic heterocycles. The molecule has 0 spiro atoms. The number of nitrogens with zero attached hydrogens (tertiary/aromatic N) is 2. The van der Waals surface area contributed by atoms with Gasteiger partial charge in [0.2, 0.25) is 5.91 Å². The minimum atomic E-state index is -0.873. The number of halogens is 1.